The highest BCUT2D eigenvalue weighted by atomic mass is 16.7. The number of hydrogen-bond acceptors (Lipinski definition) is 12. The summed E-state index contributed by atoms with van der Waals surface area (Å²) in [5.74, 6) is -1.62. The highest BCUT2D eigenvalue weighted by Crippen LogP contribution is 2.03. The molecule has 1 rings (SSSR count). The van der Waals surface area contributed by atoms with Crippen molar-refractivity contribution in [1.29, 1.82) is 0 Å². The summed E-state index contributed by atoms with van der Waals surface area (Å²) < 4.78 is 0. The van der Waals surface area contributed by atoms with Crippen molar-refractivity contribution in [3.05, 3.63) is 0 Å². The van der Waals surface area contributed by atoms with Crippen LogP contribution in [0, 0.1) is 0 Å². The van der Waals surface area contributed by atoms with E-state index < -0.39 is 17.9 Å². The maximum absolute atomic E-state index is 12.1. The van der Waals surface area contributed by atoms with Gasteiger partial charge in [0.1, 0.15) is 0 Å². The van der Waals surface area contributed by atoms with Crippen LogP contribution in [-0.4, -0.2) is 116 Å². The summed E-state index contributed by atoms with van der Waals surface area (Å²) in [5.41, 5.74) is 5.42. The first-order valence-corrected chi connectivity index (χ1v) is 10.2. The molecule has 1 saturated heterocycles. The summed E-state index contributed by atoms with van der Waals surface area (Å²) >= 11 is 0. The van der Waals surface area contributed by atoms with Gasteiger partial charge in [-0.05, 0) is 0 Å². The largest absolute Gasteiger partial charge is 0.368 e. The van der Waals surface area contributed by atoms with Gasteiger partial charge in [-0.25, -0.2) is 0 Å². The first-order chi connectivity index (χ1) is 14.7. The van der Waals surface area contributed by atoms with Gasteiger partial charge in [0, 0.05) is 60.0 Å². The Kier molecular flexibility index (Phi) is 12.6. The second-order valence-corrected chi connectivity index (χ2v) is 6.95. The Labute approximate surface area is 182 Å². The van der Waals surface area contributed by atoms with Gasteiger partial charge in [-0.1, -0.05) is 0 Å². The van der Waals surface area contributed by atoms with Gasteiger partial charge in [-0.2, -0.15) is 0 Å². The molecule has 0 radical (unpaired) electrons. The Balaban J connectivity index is 2.91. The Morgan fingerprint density at radius 1 is 0.710 bits per heavy atom. The molecule has 1 aliphatic rings. The zero-order chi connectivity index (χ0) is 23.2. The third-order valence-electron chi connectivity index (χ3n) is 4.14. The van der Waals surface area contributed by atoms with E-state index in [0.29, 0.717) is 39.3 Å². The second kappa shape index (κ2) is 14.6. The molecule has 31 heavy (non-hydrogen) atoms. The smallest absolute Gasteiger partial charge is 0.322 e. The number of hydrogen-bond donors (Lipinski definition) is 2. The van der Waals surface area contributed by atoms with Crippen molar-refractivity contribution in [2.75, 3.05) is 72.0 Å². The summed E-state index contributed by atoms with van der Waals surface area (Å²) in [5, 5.41) is 7.08. The molecule has 3 N–H and O–H groups in total. The lowest BCUT2D eigenvalue weighted by Gasteiger charge is -2.31. The van der Waals surface area contributed by atoms with Crippen LogP contribution in [0.3, 0.4) is 0 Å². The lowest BCUT2D eigenvalue weighted by Crippen LogP contribution is -2.48. The van der Waals surface area contributed by atoms with E-state index in [-0.39, 0.29) is 38.6 Å². The Bertz CT molecular complexity index is 574. The van der Waals surface area contributed by atoms with E-state index in [1.54, 1.807) is 0 Å². The van der Waals surface area contributed by atoms with E-state index in [4.69, 9.17) is 20.2 Å². The minimum absolute atomic E-state index is 0.112. The summed E-state index contributed by atoms with van der Waals surface area (Å²) in [4.78, 5) is 64.0. The predicted octanol–water partition coefficient (Wildman–Crippen LogP) is -2.28. The maximum atomic E-state index is 12.1. The minimum Gasteiger partial charge on any atom is -0.368 e. The van der Waals surface area contributed by atoms with E-state index in [1.165, 1.54) is 36.0 Å². The fraction of sp³-hybridized carbons (Fsp3) is 0.778. The summed E-state index contributed by atoms with van der Waals surface area (Å²) in [6.07, 6.45) is 0. The SMILES string of the molecule is CC(=O)ON1CCN(CC(=O)NCCN)CCN(OC(C)=O)CCN(OC(C)=O)CC1. The number of amides is 1. The number of rotatable bonds is 7. The molecule has 1 aliphatic heterocycles. The van der Waals surface area contributed by atoms with E-state index in [0.717, 1.165) is 0 Å². The molecule has 0 bridgehead atoms. The molecule has 0 aromatic rings. The van der Waals surface area contributed by atoms with Gasteiger partial charge < -0.3 is 25.6 Å². The third-order valence-corrected chi connectivity index (χ3v) is 4.14. The first-order valence-electron chi connectivity index (χ1n) is 10.2. The van der Waals surface area contributed by atoms with Gasteiger partial charge in [0.25, 0.3) is 0 Å². The predicted molar refractivity (Wildman–Crippen MR) is 109 cm³/mol. The molecule has 1 heterocycles. The molecular weight excluding hydrogens is 412 g/mol. The van der Waals surface area contributed by atoms with E-state index in [9.17, 15) is 19.2 Å². The van der Waals surface area contributed by atoms with Crippen molar-refractivity contribution in [2.24, 2.45) is 5.73 Å². The van der Waals surface area contributed by atoms with Crippen molar-refractivity contribution < 1.29 is 33.7 Å². The fourth-order valence-electron chi connectivity index (χ4n) is 2.85. The summed E-state index contributed by atoms with van der Waals surface area (Å²) in [6, 6.07) is 0. The number of carbonyl (C=O) groups excluding carboxylic acids is 4. The standard InChI is InChI=1S/C18H34N6O7/c1-15(25)29-22-8-6-21(14-18(28)20-5-4-19)7-9-23(30-16(2)26)11-13-24(12-10-22)31-17(3)27/h4-14,19H2,1-3H3,(H,20,28). The topological polar surface area (TPSA) is 147 Å². The zero-order valence-electron chi connectivity index (χ0n) is 18.5. The van der Waals surface area contributed by atoms with Crippen LogP contribution in [0.2, 0.25) is 0 Å². The molecule has 13 nitrogen and oxygen atoms in total. The molecule has 0 aromatic carbocycles. The molecule has 1 fully saturated rings. The number of hydroxylamine groups is 6. The molecule has 1 amide bonds. The van der Waals surface area contributed by atoms with Gasteiger partial charge in [-0.3, -0.25) is 24.1 Å². The Morgan fingerprint density at radius 2 is 1.06 bits per heavy atom. The van der Waals surface area contributed by atoms with Crippen LogP contribution in [0.1, 0.15) is 20.8 Å². The highest BCUT2D eigenvalue weighted by molar-refractivity contribution is 5.78. The fourth-order valence-corrected chi connectivity index (χ4v) is 2.85. The van der Waals surface area contributed by atoms with E-state index >= 15 is 0 Å². The maximum Gasteiger partial charge on any atom is 0.322 e. The molecule has 0 spiro atoms. The van der Waals surface area contributed by atoms with Gasteiger partial charge in [0.15, 0.2) is 0 Å². The number of nitrogens with two attached hydrogens (primary N) is 1. The number of nitrogens with one attached hydrogen (secondary N) is 1. The monoisotopic (exact) mass is 446 g/mol. The van der Waals surface area contributed by atoms with Crippen LogP contribution in [0.25, 0.3) is 0 Å². The molecule has 0 atom stereocenters. The van der Waals surface area contributed by atoms with Crippen molar-refractivity contribution >= 4 is 23.8 Å². The molecular formula is C18H34N6O7. The molecule has 0 aromatic heterocycles. The van der Waals surface area contributed by atoms with Gasteiger partial charge in [0.05, 0.1) is 32.7 Å². The lowest BCUT2D eigenvalue weighted by molar-refractivity contribution is -0.217. The molecule has 178 valence electrons. The lowest BCUT2D eigenvalue weighted by atomic mass is 10.3. The van der Waals surface area contributed by atoms with E-state index in [2.05, 4.69) is 5.32 Å². The van der Waals surface area contributed by atoms with Crippen LogP contribution >= 0.6 is 0 Å². The van der Waals surface area contributed by atoms with Crippen LogP contribution in [0.15, 0.2) is 0 Å². The van der Waals surface area contributed by atoms with Gasteiger partial charge >= 0.3 is 17.9 Å². The molecule has 0 unspecified atom stereocenters. The molecule has 13 heteroatoms. The summed E-state index contributed by atoms with van der Waals surface area (Å²) in [7, 11) is 0. The summed E-state index contributed by atoms with van der Waals surface area (Å²) in [6.45, 7) is 7.24. The Morgan fingerprint density at radius 3 is 1.39 bits per heavy atom. The Hall–Kier alpha value is -2.32. The van der Waals surface area contributed by atoms with Crippen molar-refractivity contribution in [3.8, 4) is 0 Å². The van der Waals surface area contributed by atoms with Crippen molar-refractivity contribution in [2.45, 2.75) is 20.8 Å². The average Bonchev–Trinajstić information content (AvgIpc) is 2.67. The van der Waals surface area contributed by atoms with Gasteiger partial charge in [-0.15, -0.1) is 15.2 Å². The quantitative estimate of drug-likeness (QED) is 0.434. The van der Waals surface area contributed by atoms with Crippen molar-refractivity contribution in [1.82, 2.24) is 25.4 Å². The van der Waals surface area contributed by atoms with Crippen LogP contribution in [0.4, 0.5) is 0 Å². The average molecular weight is 447 g/mol. The number of carbonyl (C=O) groups is 4. The third kappa shape index (κ3) is 12.9. The van der Waals surface area contributed by atoms with Crippen molar-refractivity contribution in [3.63, 3.8) is 0 Å². The minimum atomic E-state index is -0.486. The first kappa shape index (κ1) is 26.7. The normalized spacial score (nSPS) is 18.3. The molecule has 0 aliphatic carbocycles. The van der Waals surface area contributed by atoms with Crippen LogP contribution < -0.4 is 11.1 Å². The highest BCUT2D eigenvalue weighted by Gasteiger charge is 2.21. The van der Waals surface area contributed by atoms with Crippen LogP contribution in [0.5, 0.6) is 0 Å². The van der Waals surface area contributed by atoms with Gasteiger partial charge in [0.2, 0.25) is 5.91 Å². The second-order valence-electron chi connectivity index (χ2n) is 6.95. The zero-order valence-corrected chi connectivity index (χ0v) is 18.5. The number of nitrogens with zero attached hydrogens (tertiary/aromatic N) is 4. The molecule has 0 saturated carbocycles. The van der Waals surface area contributed by atoms with Crippen LogP contribution in [-0.2, 0) is 33.7 Å². The van der Waals surface area contributed by atoms with E-state index in [1.807, 2.05) is 4.90 Å².